The van der Waals surface area contributed by atoms with Crippen molar-refractivity contribution in [3.05, 3.63) is 41.0 Å². The van der Waals surface area contributed by atoms with Crippen LogP contribution in [0.5, 0.6) is 0 Å². The molecule has 0 unspecified atom stereocenters. The van der Waals surface area contributed by atoms with E-state index in [0.717, 1.165) is 38.2 Å². The first kappa shape index (κ1) is 18.0. The van der Waals surface area contributed by atoms with Crippen molar-refractivity contribution in [2.75, 3.05) is 26.2 Å². The van der Waals surface area contributed by atoms with Crippen molar-refractivity contribution in [3.63, 3.8) is 0 Å². The van der Waals surface area contributed by atoms with Crippen LogP contribution in [0.1, 0.15) is 37.5 Å². The van der Waals surface area contributed by atoms with Crippen LogP contribution in [0.2, 0.25) is 0 Å². The summed E-state index contributed by atoms with van der Waals surface area (Å²) in [6.45, 7) is 8.86. The van der Waals surface area contributed by atoms with Gasteiger partial charge in [-0.2, -0.15) is 5.26 Å². The van der Waals surface area contributed by atoms with Gasteiger partial charge in [-0.05, 0) is 50.5 Å². The molecule has 3 rings (SSSR count). The fraction of sp³-hybridized carbons (Fsp3) is 0.474. The largest absolute Gasteiger partial charge is 0.444 e. The van der Waals surface area contributed by atoms with E-state index < -0.39 is 0 Å². The lowest BCUT2D eigenvalue weighted by Gasteiger charge is -2.30. The van der Waals surface area contributed by atoms with Crippen molar-refractivity contribution in [2.24, 2.45) is 0 Å². The zero-order chi connectivity index (χ0) is 17.6. The van der Waals surface area contributed by atoms with Gasteiger partial charge in [-0.3, -0.25) is 0 Å². The van der Waals surface area contributed by atoms with Crippen LogP contribution < -0.4 is 5.32 Å². The number of ether oxygens (including phenoxy) is 1. The van der Waals surface area contributed by atoms with Crippen LogP contribution in [0, 0.1) is 11.3 Å². The molecule has 1 amide bonds. The first-order valence-electron chi connectivity index (χ1n) is 8.27. The molecule has 1 N–H and O–H groups in total. The smallest absolute Gasteiger partial charge is 0.410 e. The summed E-state index contributed by atoms with van der Waals surface area (Å²) >= 11 is 0. The van der Waals surface area contributed by atoms with Gasteiger partial charge in [0.25, 0.3) is 0 Å². The lowest BCUT2D eigenvalue weighted by Crippen LogP contribution is -2.48. The van der Waals surface area contributed by atoms with E-state index in [1.54, 1.807) is 4.90 Å². The summed E-state index contributed by atoms with van der Waals surface area (Å²) < 4.78 is 5.24. The number of nitrogens with one attached hydrogen (secondary N) is 1. The molecule has 0 spiro atoms. The number of allylic oxidation sites excluding steroid dienone is 1. The molecule has 1 saturated heterocycles. The van der Waals surface area contributed by atoms with E-state index in [2.05, 4.69) is 23.5 Å². The summed E-state index contributed by atoms with van der Waals surface area (Å²) in [4.78, 5) is 13.2. The second-order valence-corrected chi connectivity index (χ2v) is 6.85. The maximum atomic E-state index is 11.5. The Balaban J connectivity index is 0.000000175. The molecule has 5 heteroatoms. The molecular weight excluding hydrogens is 302 g/mol. The van der Waals surface area contributed by atoms with Crippen LogP contribution in [-0.4, -0.2) is 42.8 Å². The minimum atomic E-state index is -0.387. The Bertz CT molecular complexity index is 648. The first-order chi connectivity index (χ1) is 11.4. The van der Waals surface area contributed by atoms with Crippen LogP contribution in [-0.2, 0) is 11.2 Å². The Morgan fingerprint density at radius 1 is 1.29 bits per heavy atom. The van der Waals surface area contributed by atoms with Crippen molar-refractivity contribution in [1.29, 1.82) is 5.26 Å². The van der Waals surface area contributed by atoms with E-state index >= 15 is 0 Å². The van der Waals surface area contributed by atoms with E-state index in [9.17, 15) is 4.79 Å². The summed E-state index contributed by atoms with van der Waals surface area (Å²) in [5.74, 6) is 0. The highest BCUT2D eigenvalue weighted by Crippen LogP contribution is 2.19. The highest BCUT2D eigenvalue weighted by atomic mass is 16.6. The molecule has 5 nitrogen and oxygen atoms in total. The minimum Gasteiger partial charge on any atom is -0.444 e. The molecule has 1 fully saturated rings. The number of nitriles is 1. The normalized spacial score (nSPS) is 15.8. The number of piperazine rings is 1. The average molecular weight is 327 g/mol. The predicted molar refractivity (Wildman–Crippen MR) is 94.6 cm³/mol. The van der Waals surface area contributed by atoms with E-state index in [-0.39, 0.29) is 11.7 Å². The average Bonchev–Trinajstić information content (AvgIpc) is 3.02. The summed E-state index contributed by atoms with van der Waals surface area (Å²) in [5, 5.41) is 11.8. The molecule has 0 radical (unpaired) electrons. The molecule has 24 heavy (non-hydrogen) atoms. The van der Waals surface area contributed by atoms with Gasteiger partial charge in [0.15, 0.2) is 0 Å². The predicted octanol–water partition coefficient (Wildman–Crippen LogP) is 2.95. The van der Waals surface area contributed by atoms with Crippen molar-refractivity contribution in [3.8, 4) is 6.07 Å². The van der Waals surface area contributed by atoms with Crippen molar-refractivity contribution in [2.45, 2.75) is 32.8 Å². The molecule has 1 heterocycles. The van der Waals surface area contributed by atoms with Gasteiger partial charge >= 0.3 is 6.09 Å². The van der Waals surface area contributed by atoms with Gasteiger partial charge in [0.05, 0.1) is 11.6 Å². The van der Waals surface area contributed by atoms with Crippen LogP contribution >= 0.6 is 0 Å². The van der Waals surface area contributed by atoms with Crippen LogP contribution in [0.3, 0.4) is 0 Å². The molecule has 1 aliphatic heterocycles. The fourth-order valence-electron chi connectivity index (χ4n) is 2.49. The molecule has 2 aliphatic rings. The van der Waals surface area contributed by atoms with Gasteiger partial charge in [0, 0.05) is 26.2 Å². The highest BCUT2D eigenvalue weighted by Gasteiger charge is 2.22. The Kier molecular flexibility index (Phi) is 5.99. The number of hydrogen-bond acceptors (Lipinski definition) is 4. The lowest BCUT2D eigenvalue weighted by atomic mass is 10.1. The van der Waals surface area contributed by atoms with Crippen LogP contribution in [0.4, 0.5) is 4.79 Å². The third-order valence-corrected chi connectivity index (χ3v) is 3.68. The maximum Gasteiger partial charge on any atom is 0.410 e. The van der Waals surface area contributed by atoms with Gasteiger partial charge < -0.3 is 15.0 Å². The zero-order valence-corrected chi connectivity index (χ0v) is 14.6. The number of rotatable bonds is 0. The van der Waals surface area contributed by atoms with E-state index in [1.807, 2.05) is 39.0 Å². The summed E-state index contributed by atoms with van der Waals surface area (Å²) in [5.41, 5.74) is 2.88. The Labute approximate surface area is 143 Å². The zero-order valence-electron chi connectivity index (χ0n) is 14.6. The van der Waals surface area contributed by atoms with Crippen LogP contribution in [0.25, 0.3) is 6.08 Å². The van der Waals surface area contributed by atoms with E-state index in [4.69, 9.17) is 10.00 Å². The highest BCUT2D eigenvalue weighted by molar-refractivity contribution is 5.68. The topological polar surface area (TPSA) is 65.4 Å². The second kappa shape index (κ2) is 7.98. The summed E-state index contributed by atoms with van der Waals surface area (Å²) in [7, 11) is 0. The van der Waals surface area contributed by atoms with Gasteiger partial charge in [-0.25, -0.2) is 4.79 Å². The quantitative estimate of drug-likeness (QED) is 0.795. The number of fused-ring (bicyclic) bond motifs is 1. The third kappa shape index (κ3) is 5.39. The van der Waals surface area contributed by atoms with E-state index in [0.29, 0.717) is 0 Å². The molecule has 0 atom stereocenters. The third-order valence-electron chi connectivity index (χ3n) is 3.68. The molecule has 0 aromatic heterocycles. The molecule has 128 valence electrons. The standard InChI is InChI=1S/C10H7N.C9H18N2O2/c11-7-8-4-5-9-2-1-3-10(9)6-8;1-9(2,3)13-8(12)11-6-4-10-5-7-11/h1,3-6H,2H2;10H,4-7H2,1-3H3. The molecule has 0 bridgehead atoms. The van der Waals surface area contributed by atoms with Gasteiger partial charge in [-0.15, -0.1) is 0 Å². The molecule has 1 aromatic carbocycles. The minimum absolute atomic E-state index is 0.200. The van der Waals surface area contributed by atoms with Crippen LogP contribution in [0.15, 0.2) is 24.3 Å². The summed E-state index contributed by atoms with van der Waals surface area (Å²) in [6.07, 6.45) is 5.00. The summed E-state index contributed by atoms with van der Waals surface area (Å²) in [6, 6.07) is 7.94. The fourth-order valence-corrected chi connectivity index (χ4v) is 2.49. The molecule has 1 aliphatic carbocycles. The number of hydrogen-bond donors (Lipinski definition) is 1. The molecular formula is C19H25N3O2. The number of carbonyl (C=O) groups is 1. The number of nitrogens with zero attached hydrogens (tertiary/aromatic N) is 2. The lowest BCUT2D eigenvalue weighted by molar-refractivity contribution is 0.0229. The van der Waals surface area contributed by atoms with Crippen molar-refractivity contribution < 1.29 is 9.53 Å². The Hall–Kier alpha value is -2.32. The molecule has 1 aromatic rings. The van der Waals surface area contributed by atoms with Gasteiger partial charge in [0.1, 0.15) is 5.60 Å². The number of amides is 1. The Morgan fingerprint density at radius 2 is 2.00 bits per heavy atom. The number of benzene rings is 1. The SMILES string of the molecule is CC(C)(C)OC(=O)N1CCNCC1.N#Cc1ccc2c(c1)C=CC2. The van der Waals surface area contributed by atoms with Gasteiger partial charge in [0.2, 0.25) is 0 Å². The van der Waals surface area contributed by atoms with Gasteiger partial charge in [-0.1, -0.05) is 18.2 Å². The van der Waals surface area contributed by atoms with Crippen molar-refractivity contribution >= 4 is 12.2 Å². The van der Waals surface area contributed by atoms with E-state index in [1.165, 1.54) is 11.1 Å². The second-order valence-electron chi connectivity index (χ2n) is 6.85. The Morgan fingerprint density at radius 3 is 2.62 bits per heavy atom. The first-order valence-corrected chi connectivity index (χ1v) is 8.27. The molecule has 0 saturated carbocycles. The van der Waals surface area contributed by atoms with Crippen molar-refractivity contribution in [1.82, 2.24) is 10.2 Å². The maximum absolute atomic E-state index is 11.5. The number of carbonyl (C=O) groups excluding carboxylic acids is 1. The monoisotopic (exact) mass is 327 g/mol.